The molecule has 0 spiro atoms. The van der Waals surface area contributed by atoms with Crippen molar-refractivity contribution in [3.63, 3.8) is 0 Å². The molecular weight excluding hydrogens is 92.0 g/mol. The summed E-state index contributed by atoms with van der Waals surface area (Å²) in [7, 11) is 1.27. The Morgan fingerprint density at radius 1 is 1.67 bits per heavy atom. The lowest BCUT2D eigenvalue weighted by Crippen LogP contribution is -2.11. The molecule has 1 N–H and O–H groups in total. The lowest BCUT2D eigenvalue weighted by molar-refractivity contribution is -0.166. The fourth-order valence-corrected chi connectivity index (χ4v) is 0.0891. The molecule has 0 saturated carbocycles. The smallest absolute Gasteiger partial charge is 0.235 e. The van der Waals surface area contributed by atoms with Crippen LogP contribution < -0.4 is 5.48 Å². The summed E-state index contributed by atoms with van der Waals surface area (Å²) in [5, 5.41) is 0. The summed E-state index contributed by atoms with van der Waals surface area (Å²) >= 11 is 0. The highest BCUT2D eigenvalue weighted by atomic mass is 19.3. The van der Waals surface area contributed by atoms with Crippen LogP contribution in [0.25, 0.3) is 0 Å². The molecule has 2 nitrogen and oxygen atoms in total. The Bertz CT molecular complexity index is 32.7. The van der Waals surface area contributed by atoms with E-state index in [1.165, 1.54) is 7.05 Å². The van der Waals surface area contributed by atoms with E-state index >= 15 is 0 Å². The van der Waals surface area contributed by atoms with E-state index in [0.29, 0.717) is 0 Å². The van der Waals surface area contributed by atoms with Gasteiger partial charge in [0.1, 0.15) is 0 Å². The van der Waals surface area contributed by atoms with Crippen molar-refractivity contribution in [2.24, 2.45) is 0 Å². The molecule has 0 amide bonds. The summed E-state index contributed by atoms with van der Waals surface area (Å²) < 4.78 is 21.5. The van der Waals surface area contributed by atoms with Crippen LogP contribution >= 0.6 is 0 Å². The van der Waals surface area contributed by atoms with Crippen LogP contribution in [0.15, 0.2) is 0 Å². The molecule has 0 fully saturated rings. The lowest BCUT2D eigenvalue weighted by Gasteiger charge is -1.93. The zero-order valence-corrected chi connectivity index (χ0v) is 3.24. The summed E-state index contributed by atoms with van der Waals surface area (Å²) in [5.74, 6) is 0. The monoisotopic (exact) mass is 97.0 g/mol. The third-order valence-electron chi connectivity index (χ3n) is 0.207. The van der Waals surface area contributed by atoms with Crippen molar-refractivity contribution in [2.75, 3.05) is 7.05 Å². The zero-order chi connectivity index (χ0) is 4.99. The summed E-state index contributed by atoms with van der Waals surface area (Å²) in [6, 6.07) is 0. The van der Waals surface area contributed by atoms with E-state index in [1.54, 1.807) is 0 Å². The molecule has 0 aromatic carbocycles. The summed E-state index contributed by atoms with van der Waals surface area (Å²) in [5.41, 5.74) is 1.82. The zero-order valence-electron chi connectivity index (χ0n) is 3.24. The predicted octanol–water partition coefficient (Wildman–Crippen LogP) is 0.360. The van der Waals surface area contributed by atoms with E-state index in [0.717, 1.165) is 0 Å². The Morgan fingerprint density at radius 2 is 2.17 bits per heavy atom. The summed E-state index contributed by atoms with van der Waals surface area (Å²) in [4.78, 5) is 3.46. The van der Waals surface area contributed by atoms with Crippen LogP contribution in [0.2, 0.25) is 0 Å². The van der Waals surface area contributed by atoms with E-state index in [1.807, 2.05) is 5.48 Å². The molecule has 0 aromatic heterocycles. The van der Waals surface area contributed by atoms with Gasteiger partial charge < -0.3 is 0 Å². The lowest BCUT2D eigenvalue weighted by atomic mass is 11.4. The van der Waals surface area contributed by atoms with Gasteiger partial charge in [-0.2, -0.15) is 14.3 Å². The van der Waals surface area contributed by atoms with Gasteiger partial charge in [-0.3, -0.25) is 0 Å². The standard InChI is InChI=1S/C2H5F2NO/c1-5-6-2(3)4/h2,5H,1H3. The Morgan fingerprint density at radius 3 is 2.17 bits per heavy atom. The maximum Gasteiger partial charge on any atom is 0.360 e. The van der Waals surface area contributed by atoms with Gasteiger partial charge in [0.15, 0.2) is 0 Å². The van der Waals surface area contributed by atoms with E-state index in [4.69, 9.17) is 0 Å². The minimum absolute atomic E-state index is 1.27. The van der Waals surface area contributed by atoms with Crippen LogP contribution in [-0.2, 0) is 4.84 Å². The quantitative estimate of drug-likeness (QED) is 0.502. The second kappa shape index (κ2) is 2.99. The molecule has 0 bridgehead atoms. The molecule has 0 aliphatic rings. The number of hydroxylamine groups is 1. The number of alkyl halides is 2. The number of hydrogen-bond acceptors (Lipinski definition) is 2. The van der Waals surface area contributed by atoms with Crippen LogP contribution in [-0.4, -0.2) is 13.7 Å². The average Bonchev–Trinajstić information content (AvgIpc) is 1.35. The molecular formula is C2H5F2NO. The maximum absolute atomic E-state index is 10.8. The number of nitrogens with one attached hydrogen (secondary N) is 1. The molecule has 0 atom stereocenters. The van der Waals surface area contributed by atoms with Crippen LogP contribution in [0.1, 0.15) is 0 Å². The van der Waals surface area contributed by atoms with Gasteiger partial charge in [-0.15, -0.1) is 0 Å². The fourth-order valence-electron chi connectivity index (χ4n) is 0.0891. The first kappa shape index (κ1) is 5.78. The minimum Gasteiger partial charge on any atom is -0.235 e. The number of hydrogen-bond donors (Lipinski definition) is 1. The van der Waals surface area contributed by atoms with Gasteiger partial charge in [0, 0.05) is 7.05 Å². The molecule has 0 saturated heterocycles. The highest BCUT2D eigenvalue weighted by Crippen LogP contribution is 1.87. The predicted molar refractivity (Wildman–Crippen MR) is 16.1 cm³/mol. The topological polar surface area (TPSA) is 21.3 Å². The Balaban J connectivity index is 2.63. The van der Waals surface area contributed by atoms with Crippen molar-refractivity contribution < 1.29 is 13.6 Å². The Labute approximate surface area is 34.1 Å². The maximum atomic E-state index is 10.8. The molecule has 0 aliphatic carbocycles. The van der Waals surface area contributed by atoms with Gasteiger partial charge in [-0.05, 0) is 0 Å². The van der Waals surface area contributed by atoms with Crippen molar-refractivity contribution in [1.29, 1.82) is 0 Å². The van der Waals surface area contributed by atoms with Gasteiger partial charge in [0.25, 0.3) is 0 Å². The van der Waals surface area contributed by atoms with Crippen LogP contribution in [0.3, 0.4) is 0 Å². The van der Waals surface area contributed by atoms with Crippen LogP contribution in [0.4, 0.5) is 8.78 Å². The number of rotatable bonds is 2. The summed E-state index contributed by atoms with van der Waals surface area (Å²) in [6.07, 6.45) is 0. The molecule has 4 heteroatoms. The highest BCUT2D eigenvalue weighted by molar-refractivity contribution is 3.97. The first-order valence-electron chi connectivity index (χ1n) is 1.38. The molecule has 0 heterocycles. The molecule has 0 rings (SSSR count). The van der Waals surface area contributed by atoms with Crippen molar-refractivity contribution in [1.82, 2.24) is 5.48 Å². The van der Waals surface area contributed by atoms with Crippen molar-refractivity contribution in [3.8, 4) is 0 Å². The molecule has 0 aromatic rings. The van der Waals surface area contributed by atoms with Crippen molar-refractivity contribution in [2.45, 2.75) is 6.61 Å². The Kier molecular flexibility index (Phi) is 2.88. The van der Waals surface area contributed by atoms with E-state index in [9.17, 15) is 8.78 Å². The fraction of sp³-hybridized carbons (Fsp3) is 1.00. The van der Waals surface area contributed by atoms with Crippen molar-refractivity contribution in [3.05, 3.63) is 0 Å². The van der Waals surface area contributed by atoms with E-state index in [2.05, 4.69) is 4.84 Å². The average molecular weight is 97.1 g/mol. The molecule has 0 radical (unpaired) electrons. The molecule has 6 heavy (non-hydrogen) atoms. The van der Waals surface area contributed by atoms with Crippen LogP contribution in [0, 0.1) is 0 Å². The van der Waals surface area contributed by atoms with Gasteiger partial charge in [0.2, 0.25) is 0 Å². The van der Waals surface area contributed by atoms with Crippen LogP contribution in [0.5, 0.6) is 0 Å². The van der Waals surface area contributed by atoms with Crippen molar-refractivity contribution >= 4 is 0 Å². The highest BCUT2D eigenvalue weighted by Gasteiger charge is 1.95. The second-order valence-electron chi connectivity index (χ2n) is 0.583. The normalized spacial score (nSPS) is 10.0. The molecule has 0 unspecified atom stereocenters. The van der Waals surface area contributed by atoms with E-state index in [-0.39, 0.29) is 0 Å². The van der Waals surface area contributed by atoms with Gasteiger partial charge in [0.05, 0.1) is 0 Å². The third-order valence-corrected chi connectivity index (χ3v) is 0.207. The molecule has 38 valence electrons. The first-order valence-corrected chi connectivity index (χ1v) is 1.38. The SMILES string of the molecule is CNOC(F)F. The second-order valence-corrected chi connectivity index (χ2v) is 0.583. The number of halogens is 2. The minimum atomic E-state index is -2.71. The van der Waals surface area contributed by atoms with E-state index < -0.39 is 6.61 Å². The first-order chi connectivity index (χ1) is 2.77. The van der Waals surface area contributed by atoms with Gasteiger partial charge in [-0.25, -0.2) is 4.84 Å². The third kappa shape index (κ3) is 3.78. The summed E-state index contributed by atoms with van der Waals surface area (Å²) in [6.45, 7) is -2.71. The van der Waals surface area contributed by atoms with Gasteiger partial charge in [-0.1, -0.05) is 0 Å². The van der Waals surface area contributed by atoms with Gasteiger partial charge >= 0.3 is 6.61 Å². The molecule has 0 aliphatic heterocycles. The largest absolute Gasteiger partial charge is 0.360 e. The Hall–Kier alpha value is -0.220.